The average Bonchev–Trinajstić information content (AvgIpc) is 3.44. The van der Waals surface area contributed by atoms with Crippen molar-refractivity contribution in [2.24, 2.45) is 0 Å². The number of hydrogen-bond donors (Lipinski definition) is 2. The molecule has 4 rings (SSSR count). The highest BCUT2D eigenvalue weighted by atomic mass is 32.1. The first-order chi connectivity index (χ1) is 16.0. The standard InChI is InChI=1S/C24H20N4O3S2/c1-15-21(33-24(25-15)28-22(30)17-10-6-7-11-19(17)31-2)18-14-32-23(26-18)27-20(29)13-12-16-8-4-3-5-9-16/h3-14H,1-2H3,(H,25,28,30)(H,26,27,29)/b13-12+. The molecule has 0 saturated heterocycles. The lowest BCUT2D eigenvalue weighted by atomic mass is 10.2. The van der Waals surface area contributed by atoms with Crippen LogP contribution in [0.15, 0.2) is 66.1 Å². The Kier molecular flexibility index (Phi) is 6.92. The van der Waals surface area contributed by atoms with Crippen LogP contribution in [0.25, 0.3) is 16.6 Å². The Labute approximate surface area is 198 Å². The van der Waals surface area contributed by atoms with E-state index < -0.39 is 0 Å². The summed E-state index contributed by atoms with van der Waals surface area (Å²) in [4.78, 5) is 34.6. The highest BCUT2D eigenvalue weighted by Crippen LogP contribution is 2.35. The lowest BCUT2D eigenvalue weighted by molar-refractivity contribution is -0.111. The number of benzene rings is 2. The van der Waals surface area contributed by atoms with Gasteiger partial charge >= 0.3 is 0 Å². The number of thiazole rings is 2. The maximum Gasteiger partial charge on any atom is 0.261 e. The van der Waals surface area contributed by atoms with E-state index in [9.17, 15) is 9.59 Å². The smallest absolute Gasteiger partial charge is 0.261 e. The number of para-hydroxylation sites is 1. The van der Waals surface area contributed by atoms with Crippen molar-refractivity contribution in [3.8, 4) is 16.3 Å². The largest absolute Gasteiger partial charge is 0.496 e. The molecule has 2 amide bonds. The zero-order chi connectivity index (χ0) is 23.2. The molecule has 0 atom stereocenters. The Morgan fingerprint density at radius 3 is 2.52 bits per heavy atom. The summed E-state index contributed by atoms with van der Waals surface area (Å²) < 4.78 is 5.25. The lowest BCUT2D eigenvalue weighted by Crippen LogP contribution is -2.12. The van der Waals surface area contributed by atoms with Crippen LogP contribution in [0.1, 0.15) is 21.6 Å². The van der Waals surface area contributed by atoms with Gasteiger partial charge < -0.3 is 4.74 Å². The van der Waals surface area contributed by atoms with E-state index in [0.717, 1.165) is 16.1 Å². The van der Waals surface area contributed by atoms with Gasteiger partial charge in [0.1, 0.15) is 5.75 Å². The van der Waals surface area contributed by atoms with E-state index >= 15 is 0 Å². The first-order valence-electron chi connectivity index (χ1n) is 9.95. The van der Waals surface area contributed by atoms with E-state index in [-0.39, 0.29) is 11.8 Å². The normalized spacial score (nSPS) is 10.8. The van der Waals surface area contributed by atoms with Gasteiger partial charge in [0.2, 0.25) is 5.91 Å². The summed E-state index contributed by atoms with van der Waals surface area (Å²) in [5.74, 6) is -0.0700. The molecule has 33 heavy (non-hydrogen) atoms. The van der Waals surface area contributed by atoms with Crippen molar-refractivity contribution >= 4 is 50.8 Å². The number of rotatable bonds is 7. The van der Waals surface area contributed by atoms with Gasteiger partial charge in [-0.2, -0.15) is 0 Å². The topological polar surface area (TPSA) is 93.2 Å². The van der Waals surface area contributed by atoms with Gasteiger partial charge in [0.25, 0.3) is 5.91 Å². The molecule has 0 aliphatic heterocycles. The van der Waals surface area contributed by atoms with E-state index in [4.69, 9.17) is 4.74 Å². The zero-order valence-corrected chi connectivity index (χ0v) is 19.5. The summed E-state index contributed by atoms with van der Waals surface area (Å²) in [5.41, 5.74) is 2.80. The number of ether oxygens (including phenoxy) is 1. The molecule has 0 aliphatic rings. The molecule has 0 bridgehead atoms. The second kappa shape index (κ2) is 10.2. The van der Waals surface area contributed by atoms with E-state index in [1.165, 1.54) is 35.9 Å². The Morgan fingerprint density at radius 2 is 1.73 bits per heavy atom. The van der Waals surface area contributed by atoms with E-state index in [2.05, 4.69) is 20.6 Å². The highest BCUT2D eigenvalue weighted by molar-refractivity contribution is 7.20. The molecule has 0 aliphatic carbocycles. The SMILES string of the molecule is COc1ccccc1C(=O)Nc1nc(C)c(-c2csc(NC(=O)/C=C/c3ccccc3)n2)s1. The van der Waals surface area contributed by atoms with Gasteiger partial charge in [0.15, 0.2) is 10.3 Å². The summed E-state index contributed by atoms with van der Waals surface area (Å²) in [6.45, 7) is 1.85. The Balaban J connectivity index is 1.44. The number of methoxy groups -OCH3 is 1. The van der Waals surface area contributed by atoms with E-state index in [1.54, 1.807) is 30.3 Å². The lowest BCUT2D eigenvalue weighted by Gasteiger charge is -2.06. The number of aromatic nitrogens is 2. The molecule has 166 valence electrons. The summed E-state index contributed by atoms with van der Waals surface area (Å²) >= 11 is 2.65. The first kappa shape index (κ1) is 22.4. The molecule has 0 saturated carbocycles. The van der Waals surface area contributed by atoms with Crippen LogP contribution in [-0.4, -0.2) is 28.9 Å². The monoisotopic (exact) mass is 476 g/mol. The highest BCUT2D eigenvalue weighted by Gasteiger charge is 2.17. The molecule has 2 heterocycles. The molecule has 4 aromatic rings. The Morgan fingerprint density at radius 1 is 0.970 bits per heavy atom. The number of amides is 2. The minimum Gasteiger partial charge on any atom is -0.496 e. The number of carbonyl (C=O) groups is 2. The quantitative estimate of drug-likeness (QED) is 0.344. The fourth-order valence-corrected chi connectivity index (χ4v) is 4.70. The fraction of sp³-hybridized carbons (Fsp3) is 0.0833. The van der Waals surface area contributed by atoms with Crippen molar-refractivity contribution < 1.29 is 14.3 Å². The predicted molar refractivity (Wildman–Crippen MR) is 133 cm³/mol. The molecular weight excluding hydrogens is 456 g/mol. The van der Waals surface area contributed by atoms with Crippen LogP contribution in [-0.2, 0) is 4.79 Å². The van der Waals surface area contributed by atoms with Gasteiger partial charge in [-0.1, -0.05) is 53.8 Å². The minimum atomic E-state index is -0.302. The molecule has 9 heteroatoms. The van der Waals surface area contributed by atoms with Crippen LogP contribution in [0.5, 0.6) is 5.75 Å². The maximum absolute atomic E-state index is 12.6. The molecule has 0 radical (unpaired) electrons. The molecule has 2 N–H and O–H groups in total. The van der Waals surface area contributed by atoms with Crippen LogP contribution in [0, 0.1) is 6.92 Å². The third kappa shape index (κ3) is 5.51. The third-order valence-corrected chi connectivity index (χ3v) is 6.42. The number of nitrogens with one attached hydrogen (secondary N) is 2. The molecular formula is C24H20N4O3S2. The average molecular weight is 477 g/mol. The van der Waals surface area contributed by atoms with Crippen molar-refractivity contribution in [1.29, 1.82) is 0 Å². The zero-order valence-electron chi connectivity index (χ0n) is 17.9. The number of hydrogen-bond acceptors (Lipinski definition) is 7. The van der Waals surface area contributed by atoms with Gasteiger partial charge in [-0.3, -0.25) is 20.2 Å². The van der Waals surface area contributed by atoms with Crippen molar-refractivity contribution in [3.05, 3.63) is 82.9 Å². The number of carbonyl (C=O) groups excluding carboxylic acids is 2. The van der Waals surface area contributed by atoms with Crippen LogP contribution in [0.4, 0.5) is 10.3 Å². The van der Waals surface area contributed by atoms with Crippen LogP contribution in [0.2, 0.25) is 0 Å². The first-order valence-corrected chi connectivity index (χ1v) is 11.6. The molecule has 0 spiro atoms. The summed E-state index contributed by atoms with van der Waals surface area (Å²) in [6.07, 6.45) is 3.22. The fourth-order valence-electron chi connectivity index (χ4n) is 3.00. The van der Waals surface area contributed by atoms with Gasteiger partial charge in [-0.25, -0.2) is 9.97 Å². The molecule has 0 unspecified atom stereocenters. The van der Waals surface area contributed by atoms with Crippen LogP contribution < -0.4 is 15.4 Å². The van der Waals surface area contributed by atoms with E-state index in [0.29, 0.717) is 27.3 Å². The summed E-state index contributed by atoms with van der Waals surface area (Å²) in [7, 11) is 1.52. The third-order valence-electron chi connectivity index (χ3n) is 4.56. The second-order valence-electron chi connectivity index (χ2n) is 6.86. The summed E-state index contributed by atoms with van der Waals surface area (Å²) in [6, 6.07) is 16.6. The van der Waals surface area contributed by atoms with Crippen molar-refractivity contribution in [1.82, 2.24) is 9.97 Å². The molecule has 7 nitrogen and oxygen atoms in total. The van der Waals surface area contributed by atoms with Gasteiger partial charge in [-0.05, 0) is 30.7 Å². The Bertz CT molecular complexity index is 1310. The number of anilines is 2. The molecule has 2 aromatic carbocycles. The van der Waals surface area contributed by atoms with Crippen molar-refractivity contribution in [3.63, 3.8) is 0 Å². The van der Waals surface area contributed by atoms with Crippen LogP contribution >= 0.6 is 22.7 Å². The van der Waals surface area contributed by atoms with Gasteiger partial charge in [0.05, 0.1) is 28.9 Å². The maximum atomic E-state index is 12.6. The van der Waals surface area contributed by atoms with E-state index in [1.807, 2.05) is 42.6 Å². The van der Waals surface area contributed by atoms with Gasteiger partial charge in [-0.15, -0.1) is 11.3 Å². The summed E-state index contributed by atoms with van der Waals surface area (Å²) in [5, 5.41) is 8.39. The van der Waals surface area contributed by atoms with Gasteiger partial charge in [0, 0.05) is 11.5 Å². The van der Waals surface area contributed by atoms with Crippen molar-refractivity contribution in [2.45, 2.75) is 6.92 Å². The number of nitrogens with zero attached hydrogens (tertiary/aromatic N) is 2. The Hall–Kier alpha value is -3.82. The minimum absolute atomic E-state index is 0.259. The van der Waals surface area contributed by atoms with Crippen molar-refractivity contribution in [2.75, 3.05) is 17.7 Å². The molecule has 0 fully saturated rings. The number of aryl methyl sites for hydroxylation is 1. The predicted octanol–water partition coefficient (Wildman–Crippen LogP) is 5.49. The second-order valence-corrected chi connectivity index (χ2v) is 8.72. The van der Waals surface area contributed by atoms with Crippen LogP contribution in [0.3, 0.4) is 0 Å². The molecule has 2 aromatic heterocycles.